The number of piperazine rings is 1. The average molecular weight is 373 g/mol. The number of amides is 3. The number of urea groups is 1. The Morgan fingerprint density at radius 2 is 1.69 bits per heavy atom. The van der Waals surface area contributed by atoms with E-state index in [9.17, 15) is 9.59 Å². The molecule has 138 valence electrons. The average Bonchev–Trinajstić information content (AvgIpc) is 3.14. The third-order valence-corrected chi connectivity index (χ3v) is 5.36. The summed E-state index contributed by atoms with van der Waals surface area (Å²) in [6, 6.07) is 11.9. The van der Waals surface area contributed by atoms with Gasteiger partial charge in [-0.1, -0.05) is 18.2 Å². The van der Waals surface area contributed by atoms with Crippen LogP contribution in [0.5, 0.6) is 0 Å². The molecule has 3 rings (SSSR count). The standard InChI is InChI=1S/C19H23N3O3S/c1-20(2)19(24)22-11-9-21(10-12-22)18(23)17-15(8-13-25-17)14-26-16-6-4-3-5-7-16/h3-8,13H,9-12,14H2,1-2H3. The molecule has 7 heteroatoms. The van der Waals surface area contributed by atoms with Crippen LogP contribution < -0.4 is 0 Å². The van der Waals surface area contributed by atoms with E-state index in [2.05, 4.69) is 0 Å². The van der Waals surface area contributed by atoms with Crippen LogP contribution in [0.25, 0.3) is 0 Å². The number of hydrogen-bond acceptors (Lipinski definition) is 4. The Morgan fingerprint density at radius 3 is 2.35 bits per heavy atom. The van der Waals surface area contributed by atoms with E-state index >= 15 is 0 Å². The number of furan rings is 1. The van der Waals surface area contributed by atoms with Crippen molar-refractivity contribution in [3.63, 3.8) is 0 Å². The molecule has 26 heavy (non-hydrogen) atoms. The van der Waals surface area contributed by atoms with Crippen molar-refractivity contribution >= 4 is 23.7 Å². The first-order valence-electron chi connectivity index (χ1n) is 8.56. The van der Waals surface area contributed by atoms with Gasteiger partial charge in [-0.25, -0.2) is 4.79 Å². The number of carbonyl (C=O) groups is 2. The summed E-state index contributed by atoms with van der Waals surface area (Å²) in [4.78, 5) is 31.1. The van der Waals surface area contributed by atoms with Crippen LogP contribution in [0.15, 0.2) is 52.0 Å². The molecule has 1 fully saturated rings. The van der Waals surface area contributed by atoms with Crippen LogP contribution >= 0.6 is 11.8 Å². The molecule has 1 aromatic carbocycles. The van der Waals surface area contributed by atoms with Crippen molar-refractivity contribution in [3.05, 3.63) is 54.0 Å². The maximum atomic E-state index is 12.8. The smallest absolute Gasteiger partial charge is 0.319 e. The molecule has 0 saturated carbocycles. The normalized spacial score (nSPS) is 14.4. The molecule has 0 bridgehead atoms. The quantitative estimate of drug-likeness (QED) is 0.773. The van der Waals surface area contributed by atoms with Gasteiger partial charge in [0.05, 0.1) is 6.26 Å². The van der Waals surface area contributed by atoms with Crippen molar-refractivity contribution in [3.8, 4) is 0 Å². The molecule has 3 amide bonds. The Bertz CT molecular complexity index is 752. The molecular formula is C19H23N3O3S. The molecule has 0 unspecified atom stereocenters. The van der Waals surface area contributed by atoms with Crippen molar-refractivity contribution in [1.82, 2.24) is 14.7 Å². The molecular weight excluding hydrogens is 350 g/mol. The van der Waals surface area contributed by atoms with Gasteiger partial charge in [-0.3, -0.25) is 4.79 Å². The van der Waals surface area contributed by atoms with E-state index in [1.807, 2.05) is 36.4 Å². The molecule has 0 radical (unpaired) electrons. The van der Waals surface area contributed by atoms with Crippen LogP contribution in [0.3, 0.4) is 0 Å². The first kappa shape index (κ1) is 18.4. The SMILES string of the molecule is CN(C)C(=O)N1CCN(C(=O)c2occc2CSc2ccccc2)CC1. The lowest BCUT2D eigenvalue weighted by molar-refractivity contribution is 0.0619. The first-order valence-corrected chi connectivity index (χ1v) is 9.54. The molecule has 6 nitrogen and oxygen atoms in total. The van der Waals surface area contributed by atoms with Crippen LogP contribution in [0.2, 0.25) is 0 Å². The highest BCUT2D eigenvalue weighted by molar-refractivity contribution is 7.98. The molecule has 0 N–H and O–H groups in total. The van der Waals surface area contributed by atoms with E-state index in [1.54, 1.807) is 46.8 Å². The van der Waals surface area contributed by atoms with E-state index in [-0.39, 0.29) is 11.9 Å². The fourth-order valence-corrected chi connectivity index (χ4v) is 3.74. The van der Waals surface area contributed by atoms with Crippen molar-refractivity contribution in [2.75, 3.05) is 40.3 Å². The Kier molecular flexibility index (Phi) is 5.88. The zero-order chi connectivity index (χ0) is 18.5. The number of hydrogen-bond donors (Lipinski definition) is 0. The van der Waals surface area contributed by atoms with Crippen molar-refractivity contribution < 1.29 is 14.0 Å². The largest absolute Gasteiger partial charge is 0.459 e. The third-order valence-electron chi connectivity index (χ3n) is 4.30. The van der Waals surface area contributed by atoms with Crippen LogP contribution in [-0.4, -0.2) is 66.9 Å². The number of carbonyl (C=O) groups excluding carboxylic acids is 2. The zero-order valence-electron chi connectivity index (χ0n) is 15.1. The summed E-state index contributed by atoms with van der Waals surface area (Å²) >= 11 is 1.67. The van der Waals surface area contributed by atoms with Crippen molar-refractivity contribution in [1.29, 1.82) is 0 Å². The summed E-state index contributed by atoms with van der Waals surface area (Å²) in [7, 11) is 3.47. The van der Waals surface area contributed by atoms with Gasteiger partial charge in [0.1, 0.15) is 0 Å². The summed E-state index contributed by atoms with van der Waals surface area (Å²) in [6.07, 6.45) is 1.57. The highest BCUT2D eigenvalue weighted by Crippen LogP contribution is 2.25. The Morgan fingerprint density at radius 1 is 1.04 bits per heavy atom. The number of rotatable bonds is 4. The second kappa shape index (κ2) is 8.31. The van der Waals surface area contributed by atoms with E-state index in [0.717, 1.165) is 10.5 Å². The Balaban J connectivity index is 1.59. The lowest BCUT2D eigenvalue weighted by Crippen LogP contribution is -2.52. The highest BCUT2D eigenvalue weighted by Gasteiger charge is 2.28. The maximum absolute atomic E-state index is 12.8. The molecule has 0 aliphatic carbocycles. The number of nitrogens with zero attached hydrogens (tertiary/aromatic N) is 3. The molecule has 1 saturated heterocycles. The summed E-state index contributed by atoms with van der Waals surface area (Å²) in [5.74, 6) is 0.983. The molecule has 0 spiro atoms. The van der Waals surface area contributed by atoms with Gasteiger partial charge < -0.3 is 19.1 Å². The molecule has 2 heterocycles. The van der Waals surface area contributed by atoms with Gasteiger partial charge >= 0.3 is 6.03 Å². The lowest BCUT2D eigenvalue weighted by Gasteiger charge is -2.35. The van der Waals surface area contributed by atoms with Gasteiger partial charge in [0.25, 0.3) is 5.91 Å². The van der Waals surface area contributed by atoms with Gasteiger partial charge in [-0.05, 0) is 18.2 Å². The predicted molar refractivity (Wildman–Crippen MR) is 101 cm³/mol. The van der Waals surface area contributed by atoms with Gasteiger partial charge in [-0.2, -0.15) is 0 Å². The van der Waals surface area contributed by atoms with Crippen molar-refractivity contribution in [2.24, 2.45) is 0 Å². The Hall–Kier alpha value is -2.41. The zero-order valence-corrected chi connectivity index (χ0v) is 15.9. The van der Waals surface area contributed by atoms with Gasteiger partial charge in [-0.15, -0.1) is 11.8 Å². The van der Waals surface area contributed by atoms with E-state index in [0.29, 0.717) is 37.7 Å². The Labute approximate surface area is 157 Å². The van der Waals surface area contributed by atoms with Gasteiger partial charge in [0.15, 0.2) is 5.76 Å². The highest BCUT2D eigenvalue weighted by atomic mass is 32.2. The second-order valence-electron chi connectivity index (χ2n) is 6.33. The molecule has 1 aromatic heterocycles. The lowest BCUT2D eigenvalue weighted by atomic mass is 10.2. The minimum Gasteiger partial charge on any atom is -0.459 e. The fraction of sp³-hybridized carbons (Fsp3) is 0.368. The van der Waals surface area contributed by atoms with Crippen LogP contribution in [0.4, 0.5) is 4.79 Å². The molecule has 0 atom stereocenters. The predicted octanol–water partition coefficient (Wildman–Crippen LogP) is 3.01. The van der Waals surface area contributed by atoms with Crippen LogP contribution in [-0.2, 0) is 5.75 Å². The summed E-state index contributed by atoms with van der Waals surface area (Å²) < 4.78 is 5.49. The number of benzene rings is 1. The number of thioether (sulfide) groups is 1. The molecule has 1 aliphatic heterocycles. The van der Waals surface area contributed by atoms with Crippen molar-refractivity contribution in [2.45, 2.75) is 10.6 Å². The van der Waals surface area contributed by atoms with Gasteiger partial charge in [0.2, 0.25) is 0 Å². The summed E-state index contributed by atoms with van der Waals surface area (Å²) in [5.41, 5.74) is 0.899. The minimum atomic E-state index is -0.101. The topological polar surface area (TPSA) is 57.0 Å². The monoisotopic (exact) mass is 373 g/mol. The third kappa shape index (κ3) is 4.22. The van der Waals surface area contributed by atoms with Crippen LogP contribution in [0, 0.1) is 0 Å². The fourth-order valence-electron chi connectivity index (χ4n) is 2.84. The maximum Gasteiger partial charge on any atom is 0.319 e. The summed E-state index contributed by atoms with van der Waals surface area (Å²) in [5, 5.41) is 0. The molecule has 1 aliphatic rings. The first-order chi connectivity index (χ1) is 12.6. The summed E-state index contributed by atoms with van der Waals surface area (Å²) in [6.45, 7) is 2.11. The van der Waals surface area contributed by atoms with E-state index in [1.165, 1.54) is 0 Å². The minimum absolute atomic E-state index is 0.0185. The van der Waals surface area contributed by atoms with Gasteiger partial charge in [0, 0.05) is 56.5 Å². The van der Waals surface area contributed by atoms with E-state index < -0.39 is 0 Å². The second-order valence-corrected chi connectivity index (χ2v) is 7.38. The van der Waals surface area contributed by atoms with E-state index in [4.69, 9.17) is 4.42 Å². The molecule has 2 aromatic rings. The van der Waals surface area contributed by atoms with Crippen LogP contribution in [0.1, 0.15) is 16.1 Å².